The molecule has 5 heteroatoms. The number of rotatable bonds is 4. The number of halogens is 1. The zero-order valence-electron chi connectivity index (χ0n) is 11.4. The predicted molar refractivity (Wildman–Crippen MR) is 92.0 cm³/mol. The van der Waals surface area contributed by atoms with Gasteiger partial charge < -0.3 is 10.6 Å². The first kappa shape index (κ1) is 15.3. The van der Waals surface area contributed by atoms with Gasteiger partial charge in [0.2, 0.25) is 5.91 Å². The number of hydrogen-bond donors (Lipinski definition) is 2. The van der Waals surface area contributed by atoms with Gasteiger partial charge in [0.1, 0.15) is 6.04 Å². The molecule has 106 valence electrons. The predicted octanol–water partition coefficient (Wildman–Crippen LogP) is 3.60. The molecule has 2 rings (SSSR count). The molecule has 4 nitrogen and oxygen atoms in total. The molecule has 0 bridgehead atoms. The van der Waals surface area contributed by atoms with Crippen LogP contribution in [0.4, 0.5) is 11.4 Å². The minimum absolute atomic E-state index is 0.149. The highest BCUT2D eigenvalue weighted by Gasteiger charge is 2.12. The van der Waals surface area contributed by atoms with E-state index in [0.29, 0.717) is 11.3 Å². The molecule has 0 aliphatic rings. The van der Waals surface area contributed by atoms with Gasteiger partial charge in [-0.1, -0.05) is 6.07 Å². The van der Waals surface area contributed by atoms with Gasteiger partial charge >= 0.3 is 0 Å². The summed E-state index contributed by atoms with van der Waals surface area (Å²) in [5.74, 6) is -0.149. The van der Waals surface area contributed by atoms with Gasteiger partial charge in [0.15, 0.2) is 0 Å². The Hall–Kier alpha value is -2.07. The second kappa shape index (κ2) is 7.09. The monoisotopic (exact) mass is 391 g/mol. The molecule has 0 radical (unpaired) electrons. The van der Waals surface area contributed by atoms with Gasteiger partial charge in [0, 0.05) is 14.9 Å². The number of hydrogen-bond acceptors (Lipinski definition) is 3. The largest absolute Gasteiger partial charge is 0.374 e. The maximum Gasteiger partial charge on any atom is 0.246 e. The number of anilines is 2. The molecule has 2 N–H and O–H groups in total. The van der Waals surface area contributed by atoms with E-state index in [1.165, 1.54) is 0 Å². The van der Waals surface area contributed by atoms with Crippen molar-refractivity contribution in [1.29, 1.82) is 5.26 Å². The average molecular weight is 391 g/mol. The van der Waals surface area contributed by atoms with Gasteiger partial charge in [-0.2, -0.15) is 5.26 Å². The first-order chi connectivity index (χ1) is 10.1. The van der Waals surface area contributed by atoms with Crippen molar-refractivity contribution in [3.63, 3.8) is 0 Å². The van der Waals surface area contributed by atoms with E-state index in [9.17, 15) is 4.79 Å². The minimum atomic E-state index is -0.379. The fraction of sp³-hybridized carbons (Fsp3) is 0.125. The Morgan fingerprint density at radius 1 is 1.19 bits per heavy atom. The van der Waals surface area contributed by atoms with E-state index in [1.54, 1.807) is 31.2 Å². The summed E-state index contributed by atoms with van der Waals surface area (Å²) >= 11 is 2.23. The van der Waals surface area contributed by atoms with Gasteiger partial charge in [0.05, 0.1) is 11.6 Å². The summed E-state index contributed by atoms with van der Waals surface area (Å²) in [6, 6.07) is 16.3. The Morgan fingerprint density at radius 2 is 1.90 bits per heavy atom. The van der Waals surface area contributed by atoms with Gasteiger partial charge in [-0.05, 0) is 72.0 Å². The Labute approximate surface area is 137 Å². The molecule has 1 amide bonds. The van der Waals surface area contributed by atoms with Crippen LogP contribution in [0.15, 0.2) is 48.5 Å². The van der Waals surface area contributed by atoms with Crippen LogP contribution in [0.1, 0.15) is 12.5 Å². The van der Waals surface area contributed by atoms with E-state index in [1.807, 2.05) is 30.3 Å². The van der Waals surface area contributed by atoms with E-state index in [2.05, 4.69) is 33.2 Å². The topological polar surface area (TPSA) is 64.9 Å². The van der Waals surface area contributed by atoms with Gasteiger partial charge in [0.25, 0.3) is 0 Å². The van der Waals surface area contributed by atoms with Crippen molar-refractivity contribution in [2.75, 3.05) is 10.6 Å². The van der Waals surface area contributed by atoms with Crippen LogP contribution >= 0.6 is 22.6 Å². The molecular weight excluding hydrogens is 377 g/mol. The van der Waals surface area contributed by atoms with Crippen molar-refractivity contribution < 1.29 is 4.79 Å². The third kappa shape index (κ3) is 4.46. The maximum absolute atomic E-state index is 12.1. The summed E-state index contributed by atoms with van der Waals surface area (Å²) < 4.78 is 1.14. The normalized spacial score (nSPS) is 11.3. The molecule has 0 aliphatic carbocycles. The molecule has 0 unspecified atom stereocenters. The molecule has 1 atom stereocenters. The minimum Gasteiger partial charge on any atom is -0.374 e. The number of carbonyl (C=O) groups is 1. The second-order valence-electron chi connectivity index (χ2n) is 4.55. The summed E-state index contributed by atoms with van der Waals surface area (Å²) in [7, 11) is 0. The summed E-state index contributed by atoms with van der Waals surface area (Å²) in [5.41, 5.74) is 2.03. The number of benzene rings is 2. The lowest BCUT2D eigenvalue weighted by atomic mass is 10.2. The van der Waals surface area contributed by atoms with Crippen molar-refractivity contribution in [1.82, 2.24) is 0 Å². The van der Waals surface area contributed by atoms with Crippen molar-refractivity contribution in [3.8, 4) is 6.07 Å². The van der Waals surface area contributed by atoms with Crippen molar-refractivity contribution in [2.24, 2.45) is 0 Å². The highest BCUT2D eigenvalue weighted by atomic mass is 127. The van der Waals surface area contributed by atoms with Crippen LogP contribution in [-0.4, -0.2) is 11.9 Å². The average Bonchev–Trinajstić information content (AvgIpc) is 2.49. The number of nitrogens with zero attached hydrogens (tertiary/aromatic N) is 1. The third-order valence-corrected chi connectivity index (χ3v) is 3.60. The first-order valence-corrected chi connectivity index (χ1v) is 7.49. The highest BCUT2D eigenvalue weighted by Crippen LogP contribution is 2.14. The zero-order valence-corrected chi connectivity index (χ0v) is 13.6. The fourth-order valence-corrected chi connectivity index (χ4v) is 2.14. The molecule has 0 saturated carbocycles. The zero-order chi connectivity index (χ0) is 15.2. The molecule has 0 aliphatic heterocycles. The summed E-state index contributed by atoms with van der Waals surface area (Å²) in [5, 5.41) is 14.8. The third-order valence-electron chi connectivity index (χ3n) is 2.88. The van der Waals surface area contributed by atoms with Crippen LogP contribution in [0.2, 0.25) is 0 Å². The molecular formula is C16H14IN3O. The van der Waals surface area contributed by atoms with Crippen molar-refractivity contribution in [2.45, 2.75) is 13.0 Å². The molecule has 0 spiro atoms. The van der Waals surface area contributed by atoms with Crippen LogP contribution in [0, 0.1) is 14.9 Å². The summed E-state index contributed by atoms with van der Waals surface area (Å²) in [6.07, 6.45) is 0. The lowest BCUT2D eigenvalue weighted by molar-refractivity contribution is -0.116. The quantitative estimate of drug-likeness (QED) is 0.783. The number of carbonyl (C=O) groups excluding carboxylic acids is 1. The smallest absolute Gasteiger partial charge is 0.246 e. The van der Waals surface area contributed by atoms with Crippen LogP contribution in [-0.2, 0) is 4.79 Å². The van der Waals surface area contributed by atoms with Crippen LogP contribution < -0.4 is 10.6 Å². The van der Waals surface area contributed by atoms with Gasteiger partial charge in [-0.25, -0.2) is 0 Å². The van der Waals surface area contributed by atoms with E-state index in [4.69, 9.17) is 5.26 Å². The Morgan fingerprint density at radius 3 is 2.57 bits per heavy atom. The standard InChI is InChI=1S/C16H14IN3O/c1-11(19-14-7-5-13(17)6-8-14)16(21)20-15-4-2-3-12(9-15)10-18/h2-9,11,19H,1H3,(H,20,21)/t11-/m0/s1. The lowest BCUT2D eigenvalue weighted by Gasteiger charge is -2.15. The van der Waals surface area contributed by atoms with Crippen LogP contribution in [0.5, 0.6) is 0 Å². The number of nitriles is 1. The molecule has 0 aromatic heterocycles. The molecule has 2 aromatic rings. The van der Waals surface area contributed by atoms with Gasteiger partial charge in [-0.3, -0.25) is 4.79 Å². The highest BCUT2D eigenvalue weighted by molar-refractivity contribution is 14.1. The van der Waals surface area contributed by atoms with E-state index >= 15 is 0 Å². The second-order valence-corrected chi connectivity index (χ2v) is 5.80. The molecule has 2 aromatic carbocycles. The van der Waals surface area contributed by atoms with Crippen molar-refractivity contribution >= 4 is 39.9 Å². The first-order valence-electron chi connectivity index (χ1n) is 6.41. The lowest BCUT2D eigenvalue weighted by Crippen LogP contribution is -2.31. The Balaban J connectivity index is 1.99. The Bertz CT molecular complexity index is 677. The maximum atomic E-state index is 12.1. The number of amides is 1. The molecule has 0 saturated heterocycles. The molecule has 0 fully saturated rings. The number of nitrogens with one attached hydrogen (secondary N) is 2. The summed E-state index contributed by atoms with van der Waals surface area (Å²) in [4.78, 5) is 12.1. The van der Waals surface area contributed by atoms with Crippen molar-refractivity contribution in [3.05, 3.63) is 57.7 Å². The van der Waals surface area contributed by atoms with E-state index < -0.39 is 0 Å². The van der Waals surface area contributed by atoms with E-state index in [-0.39, 0.29) is 11.9 Å². The molecule has 0 heterocycles. The summed E-state index contributed by atoms with van der Waals surface area (Å²) in [6.45, 7) is 1.79. The van der Waals surface area contributed by atoms with Crippen LogP contribution in [0.3, 0.4) is 0 Å². The van der Waals surface area contributed by atoms with Gasteiger partial charge in [-0.15, -0.1) is 0 Å². The fourth-order valence-electron chi connectivity index (χ4n) is 1.78. The van der Waals surface area contributed by atoms with E-state index in [0.717, 1.165) is 9.26 Å². The Kier molecular flexibility index (Phi) is 5.17. The SMILES string of the molecule is C[C@H](Nc1ccc(I)cc1)C(=O)Nc1cccc(C#N)c1. The van der Waals surface area contributed by atoms with Crippen LogP contribution in [0.25, 0.3) is 0 Å². The molecule has 21 heavy (non-hydrogen) atoms.